The van der Waals surface area contributed by atoms with E-state index in [-0.39, 0.29) is 66.5 Å². The van der Waals surface area contributed by atoms with Crippen molar-refractivity contribution in [2.45, 2.75) is 109 Å². The van der Waals surface area contributed by atoms with Gasteiger partial charge in [0.05, 0.1) is 42.9 Å². The number of fused-ring (bicyclic) bond motifs is 1. The fraction of sp³-hybridized carbons (Fsp3) is 0.403. The first-order chi connectivity index (χ1) is 43.2. The van der Waals surface area contributed by atoms with Crippen molar-refractivity contribution in [3.8, 4) is 0 Å². The Morgan fingerprint density at radius 1 is 0.667 bits per heavy atom. The number of aliphatic imine (C=N–C) groups is 1. The molecular weight excluding hydrogens is 1170 g/mol. The highest BCUT2D eigenvalue weighted by Crippen LogP contribution is 2.43. The summed E-state index contributed by atoms with van der Waals surface area (Å²) in [4.78, 5) is 88.2. The summed E-state index contributed by atoms with van der Waals surface area (Å²) in [5.74, 6) is -4.17. The average Bonchev–Trinajstić information content (AvgIpc) is 1.24. The number of nitrogens with one attached hydrogen (secondary N) is 6. The number of carbonyl (C=O) groups excluding carboxylic acids is 5. The van der Waals surface area contributed by atoms with Crippen molar-refractivity contribution < 1.29 is 61.2 Å². The van der Waals surface area contributed by atoms with Gasteiger partial charge < -0.3 is 50.6 Å². The summed E-state index contributed by atoms with van der Waals surface area (Å²) in [5, 5.41) is 24.5. The van der Waals surface area contributed by atoms with Crippen molar-refractivity contribution in [2.75, 3.05) is 71.1 Å². The number of hydrogen-bond acceptors (Lipinski definition) is 15. The number of ether oxygens (including phenoxy) is 4. The van der Waals surface area contributed by atoms with Gasteiger partial charge in [-0.3, -0.25) is 28.5 Å². The molecule has 1 aliphatic rings. The Labute approximate surface area is 526 Å². The van der Waals surface area contributed by atoms with Crippen LogP contribution < -0.4 is 31.3 Å². The molecule has 2 atom stereocenters. The highest BCUT2D eigenvalue weighted by atomic mass is 32.2. The molecule has 7 N–H and O–H groups in total. The first-order valence-electron chi connectivity index (χ1n) is 30.2. The van der Waals surface area contributed by atoms with Crippen LogP contribution in [0.25, 0.3) is 0 Å². The number of Topliss-reactive ketones (excluding diaryl/α,β-unsaturated/α-hetero) is 1. The van der Waals surface area contributed by atoms with Crippen LogP contribution in [0.5, 0.6) is 0 Å². The van der Waals surface area contributed by atoms with E-state index < -0.39 is 69.3 Å². The number of ketones is 1. The number of rotatable bonds is 35. The molecule has 1 aliphatic heterocycles. The summed E-state index contributed by atoms with van der Waals surface area (Å²) < 4.78 is 53.5. The lowest BCUT2D eigenvalue weighted by Crippen LogP contribution is -2.50. The van der Waals surface area contributed by atoms with Gasteiger partial charge in [0.2, 0.25) is 27.8 Å². The molecule has 0 aliphatic carbocycles. The second-order valence-electron chi connectivity index (χ2n) is 22.8. The molecule has 4 amide bonds. The van der Waals surface area contributed by atoms with Crippen molar-refractivity contribution in [3.63, 3.8) is 0 Å². The molecule has 0 bridgehead atoms. The van der Waals surface area contributed by atoms with Crippen molar-refractivity contribution in [3.05, 3.63) is 178 Å². The van der Waals surface area contributed by atoms with Crippen LogP contribution in [-0.4, -0.2) is 142 Å². The normalized spacial score (nSPS) is 13.6. The topological polar surface area (TPSA) is 296 Å². The first-order valence-corrected chi connectivity index (χ1v) is 31.7. The van der Waals surface area contributed by atoms with Gasteiger partial charge in [-0.25, -0.2) is 23.2 Å². The number of aryl methyl sites for hydroxylation is 3. The number of aliphatic carboxylic acids is 1. The van der Waals surface area contributed by atoms with Gasteiger partial charge in [0.1, 0.15) is 22.9 Å². The maximum atomic E-state index is 14.6. The van der Waals surface area contributed by atoms with E-state index in [9.17, 15) is 42.3 Å². The number of anilines is 1. The maximum Gasteiger partial charge on any atom is 0.407 e. The first kappa shape index (κ1) is 68.9. The molecule has 7 rings (SSSR count). The van der Waals surface area contributed by atoms with E-state index in [0.29, 0.717) is 88.2 Å². The van der Waals surface area contributed by atoms with Crippen LogP contribution in [0.4, 0.5) is 16.4 Å². The molecule has 90 heavy (non-hydrogen) atoms. The third-order valence-corrected chi connectivity index (χ3v) is 16.4. The van der Waals surface area contributed by atoms with Crippen LogP contribution in [0, 0.1) is 26.7 Å². The van der Waals surface area contributed by atoms with Crippen molar-refractivity contribution in [1.82, 2.24) is 35.5 Å². The zero-order valence-corrected chi connectivity index (χ0v) is 52.8. The molecule has 5 aromatic carbocycles. The molecular formula is C67H83N9O13S. The molecule has 1 aromatic heterocycles. The van der Waals surface area contributed by atoms with Gasteiger partial charge in [-0.1, -0.05) is 115 Å². The van der Waals surface area contributed by atoms with Crippen LogP contribution in [0.1, 0.15) is 109 Å². The molecule has 480 valence electrons. The van der Waals surface area contributed by atoms with Crippen LogP contribution in [0.2, 0.25) is 0 Å². The number of imidazole rings is 1. The molecule has 6 aromatic rings. The summed E-state index contributed by atoms with van der Waals surface area (Å²) in [6, 6.07) is 37.1. The summed E-state index contributed by atoms with van der Waals surface area (Å²) in [6.45, 7) is 13.2. The van der Waals surface area contributed by atoms with Gasteiger partial charge in [-0.05, 0) is 113 Å². The highest BCUT2D eigenvalue weighted by molar-refractivity contribution is 7.89. The number of hydrogen-bond donors (Lipinski definition) is 7. The average molecular weight is 1250 g/mol. The SMILES string of the molecule is Cc1cc(C)c(S(=O)(=O)N[C@@H](CNC(=O)C2=Nc3cc(CNc4nccn4C(c4ccccc4)(c4ccccc4)c4ccccc4)ccc3C(=O)[C@H]2CCCNC(=O)CCC(=O)NCCCOCCOCCOCCCNC(=O)OC(C)(C)C)C(=O)O)c(C)c1. The Kier molecular flexibility index (Phi) is 25.5. The maximum absolute atomic E-state index is 14.6. The van der Waals surface area contributed by atoms with Gasteiger partial charge in [0.25, 0.3) is 5.91 Å². The molecule has 0 saturated carbocycles. The Morgan fingerprint density at radius 2 is 1.19 bits per heavy atom. The second-order valence-corrected chi connectivity index (χ2v) is 24.5. The lowest BCUT2D eigenvalue weighted by molar-refractivity contribution is -0.139. The minimum atomic E-state index is -4.40. The molecule has 0 fully saturated rings. The molecule has 0 unspecified atom stereocenters. The number of benzene rings is 5. The number of carbonyl (C=O) groups is 6. The number of aromatic nitrogens is 2. The quantitative estimate of drug-likeness (QED) is 0.0147. The molecule has 0 spiro atoms. The standard InChI is InChI=1S/C67H83N9O13S/c1-46-41-47(2)61(48(3)42-46)90(84,85)75-56(63(81)82)45-72-62(80)59-54(25-16-30-68-57(77)28-29-58(78)69-31-17-35-86-37-39-88-40-38-87-36-18-32-71-65(83)89-66(4,5)6)60(79)53-27-26-49(43-55(53)74-59)44-73-64-70-33-34-76(64)67(50-19-10-7-11-20-50,51-21-12-8-13-22-51)52-23-14-9-15-24-52/h7-15,19-24,26-27,33-34,41-43,54,56,75H,16-18,25,28-32,35-40,44-45H2,1-6H3,(H,68,77)(H,69,78)(H,70,73)(H,71,83)(H,72,80)(H,81,82)/t54-,56-/m0/s1. The van der Waals surface area contributed by atoms with Crippen LogP contribution >= 0.6 is 0 Å². The molecule has 0 radical (unpaired) electrons. The van der Waals surface area contributed by atoms with Gasteiger partial charge in [0, 0.05) is 76.7 Å². The third kappa shape index (κ3) is 19.4. The third-order valence-electron chi connectivity index (χ3n) is 14.6. The van der Waals surface area contributed by atoms with Crippen molar-refractivity contribution >= 4 is 62.9 Å². The molecule has 23 heteroatoms. The zero-order chi connectivity index (χ0) is 64.7. The number of carboxylic acid groups (broad SMARTS) is 1. The van der Waals surface area contributed by atoms with E-state index >= 15 is 0 Å². The number of alkyl carbamates (subject to hydrolysis) is 1. The van der Waals surface area contributed by atoms with Gasteiger partial charge in [-0.15, -0.1) is 0 Å². The number of nitrogens with zero attached hydrogens (tertiary/aromatic N) is 3. The molecule has 2 heterocycles. The van der Waals surface area contributed by atoms with Crippen molar-refractivity contribution in [1.29, 1.82) is 0 Å². The zero-order valence-electron chi connectivity index (χ0n) is 52.0. The van der Waals surface area contributed by atoms with E-state index in [1.807, 2.05) is 67.7 Å². The van der Waals surface area contributed by atoms with Crippen molar-refractivity contribution in [2.24, 2.45) is 10.9 Å². The van der Waals surface area contributed by atoms with E-state index in [1.165, 1.54) is 0 Å². The van der Waals surface area contributed by atoms with E-state index in [1.54, 1.807) is 71.1 Å². The lowest BCUT2D eigenvalue weighted by Gasteiger charge is -2.38. The Hall–Kier alpha value is -8.61. The monoisotopic (exact) mass is 1250 g/mol. The summed E-state index contributed by atoms with van der Waals surface area (Å²) in [5.41, 5.74) is 4.12. The van der Waals surface area contributed by atoms with Crippen LogP contribution in [0.3, 0.4) is 0 Å². The van der Waals surface area contributed by atoms with Crippen LogP contribution in [0.15, 0.2) is 144 Å². The number of carboxylic acids is 1. The lowest BCUT2D eigenvalue weighted by atomic mass is 9.76. The Balaban J connectivity index is 0.946. The second kappa shape index (κ2) is 33.3. The van der Waals surface area contributed by atoms with E-state index in [4.69, 9.17) is 28.9 Å². The largest absolute Gasteiger partial charge is 0.480 e. The summed E-state index contributed by atoms with van der Waals surface area (Å²) >= 11 is 0. The Morgan fingerprint density at radius 3 is 1.72 bits per heavy atom. The van der Waals surface area contributed by atoms with E-state index in [2.05, 4.69) is 72.3 Å². The predicted octanol–water partition coefficient (Wildman–Crippen LogP) is 7.84. The summed E-state index contributed by atoms with van der Waals surface area (Å²) in [7, 11) is -4.40. The van der Waals surface area contributed by atoms with Crippen LogP contribution in [-0.2, 0) is 60.2 Å². The fourth-order valence-electron chi connectivity index (χ4n) is 10.7. The van der Waals surface area contributed by atoms with Gasteiger partial charge >= 0.3 is 12.1 Å². The summed E-state index contributed by atoms with van der Waals surface area (Å²) in [6.07, 6.45) is 4.47. The minimum Gasteiger partial charge on any atom is -0.480 e. The Bertz CT molecular complexity index is 3420. The van der Waals surface area contributed by atoms with E-state index in [0.717, 1.165) is 22.3 Å². The van der Waals surface area contributed by atoms with Gasteiger partial charge in [0.15, 0.2) is 5.78 Å². The molecule has 22 nitrogen and oxygen atoms in total. The predicted molar refractivity (Wildman–Crippen MR) is 341 cm³/mol. The minimum absolute atomic E-state index is 0.0465. The smallest absolute Gasteiger partial charge is 0.407 e. The fourth-order valence-corrected chi connectivity index (χ4v) is 12.3. The highest BCUT2D eigenvalue weighted by Gasteiger charge is 2.40. The number of amides is 4. The molecule has 0 saturated heterocycles. The number of sulfonamides is 1. The van der Waals surface area contributed by atoms with Gasteiger partial charge in [-0.2, -0.15) is 4.72 Å².